The van der Waals surface area contributed by atoms with Crippen LogP contribution in [0, 0.1) is 5.92 Å². The fourth-order valence-electron chi connectivity index (χ4n) is 6.33. The van der Waals surface area contributed by atoms with E-state index in [1.807, 2.05) is 6.07 Å². The average Bonchev–Trinajstić information content (AvgIpc) is 3.60. The molecule has 1 aromatic heterocycles. The molecule has 0 radical (unpaired) electrons. The Balaban J connectivity index is 1.41. The van der Waals surface area contributed by atoms with Gasteiger partial charge in [0.1, 0.15) is 5.56 Å². The molecule has 0 bridgehead atoms. The summed E-state index contributed by atoms with van der Waals surface area (Å²) < 4.78 is 7.85. The molecule has 3 atom stereocenters. The van der Waals surface area contributed by atoms with Crippen molar-refractivity contribution in [2.24, 2.45) is 25.0 Å². The number of nitrogens with zero attached hydrogens (tertiary/aromatic N) is 3. The number of benzene rings is 2. The van der Waals surface area contributed by atoms with Crippen molar-refractivity contribution in [2.75, 3.05) is 19.0 Å². The van der Waals surface area contributed by atoms with E-state index in [4.69, 9.17) is 32.9 Å². The number of carbonyl (C=O) groups is 2. The predicted octanol–water partition coefficient (Wildman–Crippen LogP) is 4.92. The van der Waals surface area contributed by atoms with Gasteiger partial charge in [-0.3, -0.25) is 19.0 Å². The number of anilines is 1. The number of nitrogens with one attached hydrogen (secondary N) is 3. The Labute approximate surface area is 288 Å². The summed E-state index contributed by atoms with van der Waals surface area (Å²) in [5, 5.41) is 9.86. The highest BCUT2D eigenvalue weighted by Crippen LogP contribution is 2.41. The lowest BCUT2D eigenvalue weighted by molar-refractivity contribution is -0.119. The standard InChI is InChI=1S/C35H38Cl2N6O5/c1-18-15-19(2)31(38-16-21-13-14-27(44)40-21)28(18)33(48-6)39-20(3)22-9-7-10-23(29(22)36)24-11-8-12-26(30(24)37)41-32(45)25-17-42(4)35(47)43(5)34(25)46/h7-12,17,19,21,31,38H,3,13-16H2,1-2,4-6H3,(H,40,44)(H,41,45). The van der Waals surface area contributed by atoms with Crippen LogP contribution in [0.25, 0.3) is 16.8 Å². The predicted molar refractivity (Wildman–Crippen MR) is 190 cm³/mol. The number of aliphatic imine (C=N–C) groups is 1. The Morgan fingerprint density at radius 1 is 1.08 bits per heavy atom. The van der Waals surface area contributed by atoms with Crippen LogP contribution in [0.15, 0.2) is 74.9 Å². The highest BCUT2D eigenvalue weighted by Gasteiger charge is 2.35. The lowest BCUT2D eigenvalue weighted by Gasteiger charge is -2.24. The second kappa shape index (κ2) is 14.3. The van der Waals surface area contributed by atoms with E-state index in [2.05, 4.69) is 36.4 Å². The summed E-state index contributed by atoms with van der Waals surface area (Å²) in [5.74, 6) is 0.0911. The third-order valence-electron chi connectivity index (χ3n) is 8.84. The number of aromatic nitrogens is 2. The maximum absolute atomic E-state index is 13.1. The third kappa shape index (κ3) is 6.89. The Bertz CT molecular complexity index is 2000. The van der Waals surface area contributed by atoms with E-state index in [-0.39, 0.29) is 34.3 Å². The number of amides is 2. The highest BCUT2D eigenvalue weighted by molar-refractivity contribution is 6.39. The lowest BCUT2D eigenvalue weighted by atomic mass is 9.99. The summed E-state index contributed by atoms with van der Waals surface area (Å²) in [4.78, 5) is 54.3. The maximum Gasteiger partial charge on any atom is 0.330 e. The highest BCUT2D eigenvalue weighted by atomic mass is 35.5. The molecule has 0 spiro atoms. The SMILES string of the molecule is C=C(N=C(OC)C1=C(C)CC(C)C1NCC1CCC(=O)N1)c1cccc(-c2cccc(NC(=O)c3cn(C)c(=O)n(C)c3=O)c2Cl)c1Cl. The third-order valence-corrected chi connectivity index (χ3v) is 9.65. The van der Waals surface area contributed by atoms with E-state index in [0.29, 0.717) is 52.2 Å². The number of hydrogen-bond donors (Lipinski definition) is 3. The number of allylic oxidation sites excluding steroid dienone is 1. The van der Waals surface area contributed by atoms with E-state index >= 15 is 0 Å². The summed E-state index contributed by atoms with van der Waals surface area (Å²) >= 11 is 13.8. The first-order valence-corrected chi connectivity index (χ1v) is 16.3. The molecule has 13 heteroatoms. The van der Waals surface area contributed by atoms with Crippen molar-refractivity contribution in [3.63, 3.8) is 0 Å². The number of halogens is 2. The molecule has 48 heavy (non-hydrogen) atoms. The van der Waals surface area contributed by atoms with Crippen molar-refractivity contribution in [2.45, 2.75) is 45.2 Å². The largest absolute Gasteiger partial charge is 0.481 e. The second-order valence-corrected chi connectivity index (χ2v) is 13.0. The summed E-state index contributed by atoms with van der Waals surface area (Å²) in [6.45, 7) is 9.11. The smallest absolute Gasteiger partial charge is 0.330 e. The Hall–Kier alpha value is -4.45. The summed E-state index contributed by atoms with van der Waals surface area (Å²) in [5.41, 5.74) is 2.93. The van der Waals surface area contributed by atoms with Crippen molar-refractivity contribution in [1.29, 1.82) is 0 Å². The molecule has 2 amide bonds. The molecule has 2 aromatic carbocycles. The number of methoxy groups -OCH3 is 1. The molecule has 1 aliphatic carbocycles. The molecule has 3 N–H and O–H groups in total. The fraction of sp³-hybridized carbons (Fsp3) is 0.343. The number of ether oxygens (including phenoxy) is 1. The normalized spacial score (nSPS) is 19.4. The molecule has 11 nitrogen and oxygen atoms in total. The number of carbonyl (C=O) groups excluding carboxylic acids is 2. The first-order chi connectivity index (χ1) is 22.8. The van der Waals surface area contributed by atoms with Crippen LogP contribution in [-0.2, 0) is 23.6 Å². The van der Waals surface area contributed by atoms with Gasteiger partial charge in [-0.1, -0.05) is 72.6 Å². The molecule has 2 heterocycles. The van der Waals surface area contributed by atoms with Crippen LogP contribution in [0.4, 0.5) is 5.69 Å². The van der Waals surface area contributed by atoms with E-state index in [9.17, 15) is 19.2 Å². The van der Waals surface area contributed by atoms with Gasteiger partial charge in [0, 0.05) is 67.6 Å². The quantitative estimate of drug-likeness (QED) is 0.215. The minimum absolute atomic E-state index is 0.0199. The molecule has 1 fully saturated rings. The van der Waals surface area contributed by atoms with Gasteiger partial charge >= 0.3 is 5.69 Å². The molecule has 1 aliphatic heterocycles. The van der Waals surface area contributed by atoms with Crippen LogP contribution in [0.2, 0.25) is 10.0 Å². The zero-order valence-corrected chi connectivity index (χ0v) is 29.0. The van der Waals surface area contributed by atoms with Crippen LogP contribution in [0.3, 0.4) is 0 Å². The Kier molecular flexibility index (Phi) is 10.4. The van der Waals surface area contributed by atoms with Crippen LogP contribution < -0.4 is 27.2 Å². The number of hydrogen-bond acceptors (Lipinski definition) is 7. The van der Waals surface area contributed by atoms with Crippen molar-refractivity contribution < 1.29 is 14.3 Å². The first kappa shape index (κ1) is 34.9. The van der Waals surface area contributed by atoms with Crippen LogP contribution in [-0.4, -0.2) is 52.6 Å². The van der Waals surface area contributed by atoms with Gasteiger partial charge in [0.2, 0.25) is 11.8 Å². The number of rotatable bonds is 9. The molecule has 1 saturated heterocycles. The van der Waals surface area contributed by atoms with Gasteiger partial charge in [-0.05, 0) is 31.7 Å². The topological polar surface area (TPSA) is 136 Å². The average molecular weight is 694 g/mol. The summed E-state index contributed by atoms with van der Waals surface area (Å²) in [6.07, 6.45) is 3.41. The molecule has 252 valence electrons. The van der Waals surface area contributed by atoms with Crippen molar-refractivity contribution >= 4 is 52.3 Å². The van der Waals surface area contributed by atoms with E-state index in [0.717, 1.165) is 33.1 Å². The monoisotopic (exact) mass is 692 g/mol. The maximum atomic E-state index is 13.1. The van der Waals surface area contributed by atoms with Gasteiger partial charge in [0.25, 0.3) is 11.5 Å². The van der Waals surface area contributed by atoms with Crippen molar-refractivity contribution in [3.8, 4) is 11.1 Å². The Morgan fingerprint density at radius 2 is 1.77 bits per heavy atom. The van der Waals surface area contributed by atoms with Gasteiger partial charge in [-0.15, -0.1) is 0 Å². The van der Waals surface area contributed by atoms with Crippen molar-refractivity contribution in [1.82, 2.24) is 19.8 Å². The molecule has 2 aliphatic rings. The van der Waals surface area contributed by atoms with Crippen LogP contribution in [0.1, 0.15) is 49.0 Å². The lowest BCUT2D eigenvalue weighted by Crippen LogP contribution is -2.43. The molecule has 5 rings (SSSR count). The van der Waals surface area contributed by atoms with Gasteiger partial charge in [-0.25, -0.2) is 9.79 Å². The van der Waals surface area contributed by atoms with Crippen LogP contribution in [0.5, 0.6) is 0 Å². The summed E-state index contributed by atoms with van der Waals surface area (Å²) in [6, 6.07) is 10.5. The minimum atomic E-state index is -0.726. The molecule has 3 unspecified atom stereocenters. The van der Waals surface area contributed by atoms with Gasteiger partial charge in [0.05, 0.1) is 28.5 Å². The van der Waals surface area contributed by atoms with Gasteiger partial charge in [-0.2, -0.15) is 0 Å². The minimum Gasteiger partial charge on any atom is -0.481 e. The fourth-order valence-corrected chi connectivity index (χ4v) is 6.94. The van der Waals surface area contributed by atoms with E-state index in [1.54, 1.807) is 37.4 Å². The van der Waals surface area contributed by atoms with Crippen LogP contribution >= 0.6 is 23.2 Å². The zero-order valence-electron chi connectivity index (χ0n) is 27.4. The summed E-state index contributed by atoms with van der Waals surface area (Å²) in [7, 11) is 4.33. The van der Waals surface area contributed by atoms with Crippen molar-refractivity contribution in [3.05, 3.63) is 102 Å². The first-order valence-electron chi connectivity index (χ1n) is 15.5. The molecular weight excluding hydrogens is 655 g/mol. The van der Waals surface area contributed by atoms with E-state index in [1.165, 1.54) is 20.3 Å². The zero-order chi connectivity index (χ0) is 34.9. The van der Waals surface area contributed by atoms with Gasteiger partial charge in [0.15, 0.2) is 0 Å². The molecule has 0 saturated carbocycles. The second-order valence-electron chi connectivity index (χ2n) is 12.2. The van der Waals surface area contributed by atoms with E-state index < -0.39 is 17.2 Å². The number of aryl methyl sites for hydroxylation is 1. The van der Waals surface area contributed by atoms with Gasteiger partial charge < -0.3 is 25.3 Å². The Morgan fingerprint density at radius 3 is 2.44 bits per heavy atom. The molecular formula is C35H38Cl2N6O5. The molecule has 3 aromatic rings.